The maximum Gasteiger partial charge on any atom is 0.340 e. The van der Waals surface area contributed by atoms with E-state index in [1.54, 1.807) is 25.7 Å². The Bertz CT molecular complexity index is 598. The Balaban J connectivity index is 3.69. The number of hydrogen-bond donors (Lipinski definition) is 0. The highest BCUT2D eigenvalue weighted by molar-refractivity contribution is 5.99. The Hall–Kier alpha value is -2.71. The van der Waals surface area contributed by atoms with Crippen molar-refractivity contribution in [2.45, 2.75) is 20.8 Å². The van der Waals surface area contributed by atoms with E-state index in [9.17, 15) is 25.0 Å². The zero-order chi connectivity index (χ0) is 16.9. The van der Waals surface area contributed by atoms with Gasteiger partial charge in [0.2, 0.25) is 0 Å². The molecule has 0 atom stereocenters. The lowest BCUT2D eigenvalue weighted by molar-refractivity contribution is -0.393. The average molecular weight is 311 g/mol. The molecule has 0 heterocycles. The second-order valence-corrected chi connectivity index (χ2v) is 4.27. The summed E-state index contributed by atoms with van der Waals surface area (Å²) in [6.45, 7) is 5.99. The predicted octanol–water partition coefficient (Wildman–Crippen LogP) is 2.53. The molecule has 0 aliphatic rings. The fourth-order valence-electron chi connectivity index (χ4n) is 2.09. The summed E-state index contributed by atoms with van der Waals surface area (Å²) in [5, 5.41) is 22.2. The maximum absolute atomic E-state index is 12.1. The number of carbonyl (C=O) groups is 1. The van der Waals surface area contributed by atoms with Crippen molar-refractivity contribution in [1.29, 1.82) is 0 Å². The van der Waals surface area contributed by atoms with E-state index in [-0.39, 0.29) is 17.9 Å². The van der Waals surface area contributed by atoms with Gasteiger partial charge in [0.15, 0.2) is 0 Å². The van der Waals surface area contributed by atoms with Gasteiger partial charge in [-0.3, -0.25) is 20.2 Å². The molecule has 0 unspecified atom stereocenters. The second kappa shape index (κ2) is 7.34. The van der Waals surface area contributed by atoms with Crippen molar-refractivity contribution in [3.05, 3.63) is 37.9 Å². The van der Waals surface area contributed by atoms with E-state index in [0.717, 1.165) is 12.1 Å². The van der Waals surface area contributed by atoms with Crippen LogP contribution >= 0.6 is 0 Å². The van der Waals surface area contributed by atoms with Crippen LogP contribution in [0, 0.1) is 20.2 Å². The van der Waals surface area contributed by atoms with Gasteiger partial charge < -0.3 is 9.64 Å². The van der Waals surface area contributed by atoms with Gasteiger partial charge in [0.05, 0.1) is 28.1 Å². The molecule has 0 fully saturated rings. The summed E-state index contributed by atoms with van der Waals surface area (Å²) < 4.78 is 4.87. The van der Waals surface area contributed by atoms with Crippen molar-refractivity contribution in [3.8, 4) is 0 Å². The first-order valence-electron chi connectivity index (χ1n) is 6.76. The molecule has 1 aromatic rings. The van der Waals surface area contributed by atoms with Crippen LogP contribution in [0.15, 0.2) is 12.1 Å². The first-order chi connectivity index (χ1) is 10.4. The van der Waals surface area contributed by atoms with E-state index in [4.69, 9.17) is 4.74 Å². The molecule has 0 aliphatic carbocycles. The zero-order valence-corrected chi connectivity index (χ0v) is 12.6. The number of carbonyl (C=O) groups excluding carboxylic acids is 1. The largest absolute Gasteiger partial charge is 0.462 e. The molecule has 0 N–H and O–H groups in total. The molecule has 0 aromatic heterocycles. The monoisotopic (exact) mass is 311 g/mol. The van der Waals surface area contributed by atoms with E-state index in [1.165, 1.54) is 0 Å². The summed E-state index contributed by atoms with van der Waals surface area (Å²) in [4.78, 5) is 34.4. The quantitative estimate of drug-likeness (QED) is 0.431. The standard InChI is InChI=1S/C13H17N3O6/c1-4-14(5-2)12-10(13(17)22-6-3)7-9(15(18)19)8-11(12)16(20)21/h7-8H,4-6H2,1-3H3. The number of non-ortho nitro benzene ring substituents is 1. The van der Waals surface area contributed by atoms with Crippen molar-refractivity contribution in [1.82, 2.24) is 0 Å². The van der Waals surface area contributed by atoms with Gasteiger partial charge in [-0.15, -0.1) is 0 Å². The van der Waals surface area contributed by atoms with Crippen LogP contribution in [-0.2, 0) is 4.74 Å². The van der Waals surface area contributed by atoms with Crippen LogP contribution in [0.5, 0.6) is 0 Å². The maximum atomic E-state index is 12.1. The summed E-state index contributed by atoms with van der Waals surface area (Å²) in [6, 6.07) is 1.87. The number of esters is 1. The van der Waals surface area contributed by atoms with Crippen molar-refractivity contribution < 1.29 is 19.4 Å². The first kappa shape index (κ1) is 17.3. The number of anilines is 1. The minimum atomic E-state index is -0.823. The summed E-state index contributed by atoms with van der Waals surface area (Å²) in [5.74, 6) is -0.823. The van der Waals surface area contributed by atoms with Gasteiger partial charge >= 0.3 is 5.97 Å². The van der Waals surface area contributed by atoms with Crippen LogP contribution in [0.1, 0.15) is 31.1 Å². The summed E-state index contributed by atoms with van der Waals surface area (Å²) in [6.07, 6.45) is 0. The molecule has 9 nitrogen and oxygen atoms in total. The number of hydrogen-bond acceptors (Lipinski definition) is 7. The predicted molar refractivity (Wildman–Crippen MR) is 79.3 cm³/mol. The van der Waals surface area contributed by atoms with Gasteiger partial charge in [-0.25, -0.2) is 4.79 Å². The van der Waals surface area contributed by atoms with Gasteiger partial charge in [0.25, 0.3) is 11.4 Å². The van der Waals surface area contributed by atoms with Crippen molar-refractivity contribution in [3.63, 3.8) is 0 Å². The Morgan fingerprint density at radius 1 is 1.14 bits per heavy atom. The number of nitro groups is 2. The summed E-state index contributed by atoms with van der Waals surface area (Å²) in [7, 11) is 0. The summed E-state index contributed by atoms with van der Waals surface area (Å²) in [5.41, 5.74) is -1.14. The third-order valence-corrected chi connectivity index (χ3v) is 3.06. The molecule has 0 aliphatic heterocycles. The van der Waals surface area contributed by atoms with E-state index in [1.807, 2.05) is 0 Å². The van der Waals surface area contributed by atoms with Crippen LogP contribution in [0.25, 0.3) is 0 Å². The molecular formula is C13H17N3O6. The molecule has 0 bridgehead atoms. The minimum Gasteiger partial charge on any atom is -0.462 e. The molecule has 9 heteroatoms. The fourth-order valence-corrected chi connectivity index (χ4v) is 2.09. The first-order valence-corrected chi connectivity index (χ1v) is 6.76. The smallest absolute Gasteiger partial charge is 0.340 e. The minimum absolute atomic E-state index is 0.0408. The molecule has 22 heavy (non-hydrogen) atoms. The van der Waals surface area contributed by atoms with Crippen molar-refractivity contribution in [2.24, 2.45) is 0 Å². The van der Waals surface area contributed by atoms with E-state index >= 15 is 0 Å². The normalized spacial score (nSPS) is 10.1. The van der Waals surface area contributed by atoms with Gasteiger partial charge in [-0.2, -0.15) is 0 Å². The van der Waals surface area contributed by atoms with Crippen LogP contribution in [0.3, 0.4) is 0 Å². The van der Waals surface area contributed by atoms with E-state index < -0.39 is 27.2 Å². The highest BCUT2D eigenvalue weighted by Gasteiger charge is 2.30. The lowest BCUT2D eigenvalue weighted by Gasteiger charge is -2.22. The highest BCUT2D eigenvalue weighted by atomic mass is 16.6. The fraction of sp³-hybridized carbons (Fsp3) is 0.462. The second-order valence-electron chi connectivity index (χ2n) is 4.27. The molecular weight excluding hydrogens is 294 g/mol. The topological polar surface area (TPSA) is 116 Å². The lowest BCUT2D eigenvalue weighted by Crippen LogP contribution is -2.26. The van der Waals surface area contributed by atoms with Gasteiger partial charge in [0, 0.05) is 19.2 Å². The SMILES string of the molecule is CCOC(=O)c1cc([N+](=O)[O-])cc([N+](=O)[O-])c1N(CC)CC. The third kappa shape index (κ3) is 3.48. The Labute approximate surface area is 126 Å². The Morgan fingerprint density at radius 2 is 1.73 bits per heavy atom. The molecule has 1 rings (SSSR count). The number of rotatable bonds is 7. The molecule has 0 radical (unpaired) electrons. The molecule has 0 saturated carbocycles. The Kier molecular flexibility index (Phi) is 5.79. The molecule has 0 amide bonds. The summed E-state index contributed by atoms with van der Waals surface area (Å²) >= 11 is 0. The highest BCUT2D eigenvalue weighted by Crippen LogP contribution is 2.36. The van der Waals surface area contributed by atoms with Gasteiger partial charge in [0.1, 0.15) is 5.69 Å². The molecule has 0 spiro atoms. The van der Waals surface area contributed by atoms with Gasteiger partial charge in [-0.1, -0.05) is 0 Å². The number of nitrogens with zero attached hydrogens (tertiary/aromatic N) is 3. The van der Waals surface area contributed by atoms with Crippen molar-refractivity contribution in [2.75, 3.05) is 24.6 Å². The van der Waals surface area contributed by atoms with E-state index in [2.05, 4.69) is 0 Å². The molecule has 0 saturated heterocycles. The molecule has 1 aromatic carbocycles. The molecule has 120 valence electrons. The van der Waals surface area contributed by atoms with Crippen molar-refractivity contribution >= 4 is 23.0 Å². The average Bonchev–Trinajstić information content (AvgIpc) is 2.48. The van der Waals surface area contributed by atoms with Crippen LogP contribution in [-0.4, -0.2) is 35.5 Å². The lowest BCUT2D eigenvalue weighted by atomic mass is 10.1. The number of benzene rings is 1. The number of nitro benzene ring substituents is 2. The van der Waals surface area contributed by atoms with Gasteiger partial charge in [-0.05, 0) is 20.8 Å². The van der Waals surface area contributed by atoms with E-state index in [0.29, 0.717) is 13.1 Å². The zero-order valence-electron chi connectivity index (χ0n) is 12.6. The number of ether oxygens (including phenoxy) is 1. The Morgan fingerprint density at radius 3 is 2.14 bits per heavy atom. The van der Waals surface area contributed by atoms with Crippen LogP contribution < -0.4 is 4.90 Å². The van der Waals surface area contributed by atoms with Crippen LogP contribution in [0.4, 0.5) is 17.1 Å². The third-order valence-electron chi connectivity index (χ3n) is 3.06. The van der Waals surface area contributed by atoms with Crippen LogP contribution in [0.2, 0.25) is 0 Å².